The molecule has 1 aromatic heterocycles. The molecule has 0 saturated carbocycles. The Bertz CT molecular complexity index is 1270. The summed E-state index contributed by atoms with van der Waals surface area (Å²) in [6.07, 6.45) is 6.91. The lowest BCUT2D eigenvalue weighted by Crippen LogP contribution is -2.31. The van der Waals surface area contributed by atoms with Crippen LogP contribution in [0.25, 0.3) is 28.7 Å². The molecule has 0 unspecified atom stereocenters. The van der Waals surface area contributed by atoms with Crippen molar-refractivity contribution in [2.24, 2.45) is 5.73 Å². The summed E-state index contributed by atoms with van der Waals surface area (Å²) in [6, 6.07) is 13.6. The Morgan fingerprint density at radius 2 is 1.74 bits per heavy atom. The van der Waals surface area contributed by atoms with Gasteiger partial charge in [0.05, 0.1) is 5.69 Å². The summed E-state index contributed by atoms with van der Waals surface area (Å²) in [4.78, 5) is 12.3. The SMILES string of the molecule is C=C(N)c1ccccc1/C(C)=C/c1nc(-c2cccc(N)c2C=N)nc(N2CCCCC2)c1C. The average molecular weight is 453 g/mol. The van der Waals surface area contributed by atoms with Crippen LogP contribution in [0.15, 0.2) is 49.0 Å². The first-order chi connectivity index (χ1) is 16.4. The first-order valence-corrected chi connectivity index (χ1v) is 11.7. The molecule has 0 amide bonds. The summed E-state index contributed by atoms with van der Waals surface area (Å²) in [6.45, 7) is 10.0. The number of allylic oxidation sites excluding steroid dienone is 1. The van der Waals surface area contributed by atoms with Crippen LogP contribution in [0.4, 0.5) is 11.5 Å². The van der Waals surface area contributed by atoms with Crippen molar-refractivity contribution in [3.05, 3.63) is 77.0 Å². The maximum atomic E-state index is 7.91. The quantitative estimate of drug-likeness (QED) is 0.338. The van der Waals surface area contributed by atoms with Gasteiger partial charge >= 0.3 is 0 Å². The topological polar surface area (TPSA) is 105 Å². The van der Waals surface area contributed by atoms with E-state index in [1.54, 1.807) is 6.07 Å². The van der Waals surface area contributed by atoms with E-state index in [1.165, 1.54) is 12.6 Å². The van der Waals surface area contributed by atoms with Gasteiger partial charge in [0.1, 0.15) is 5.82 Å². The van der Waals surface area contributed by atoms with Crippen LogP contribution in [-0.4, -0.2) is 29.3 Å². The van der Waals surface area contributed by atoms with Crippen LogP contribution in [0.3, 0.4) is 0 Å². The van der Waals surface area contributed by atoms with Gasteiger partial charge in [0.2, 0.25) is 0 Å². The van der Waals surface area contributed by atoms with Crippen LogP contribution in [0.2, 0.25) is 0 Å². The van der Waals surface area contributed by atoms with Gasteiger partial charge in [-0.2, -0.15) is 0 Å². The Kier molecular flexibility index (Phi) is 6.77. The maximum absolute atomic E-state index is 7.91. The lowest BCUT2D eigenvalue weighted by atomic mass is 9.97. The fourth-order valence-electron chi connectivity index (χ4n) is 4.53. The van der Waals surface area contributed by atoms with Gasteiger partial charge in [0.25, 0.3) is 0 Å². The van der Waals surface area contributed by atoms with Crippen molar-refractivity contribution < 1.29 is 0 Å². The van der Waals surface area contributed by atoms with E-state index >= 15 is 0 Å². The van der Waals surface area contributed by atoms with E-state index in [0.717, 1.165) is 65.3 Å². The van der Waals surface area contributed by atoms with Gasteiger partial charge in [-0.15, -0.1) is 0 Å². The number of anilines is 2. The molecule has 4 rings (SSSR count). The van der Waals surface area contributed by atoms with Gasteiger partial charge in [0, 0.05) is 52.9 Å². The van der Waals surface area contributed by atoms with Crippen molar-refractivity contribution in [1.29, 1.82) is 5.41 Å². The Balaban J connectivity index is 1.91. The minimum Gasteiger partial charge on any atom is -0.399 e. The molecule has 6 nitrogen and oxygen atoms in total. The normalized spacial score (nSPS) is 14.2. The summed E-state index contributed by atoms with van der Waals surface area (Å²) in [5, 5.41) is 7.91. The number of rotatable bonds is 6. The molecular formula is C28H32N6. The van der Waals surface area contributed by atoms with E-state index in [1.807, 2.05) is 36.4 Å². The molecule has 174 valence electrons. The molecule has 6 heteroatoms. The first-order valence-electron chi connectivity index (χ1n) is 11.7. The minimum atomic E-state index is 0.535. The number of hydrogen-bond acceptors (Lipinski definition) is 6. The Labute approximate surface area is 201 Å². The third kappa shape index (κ3) is 4.57. The highest BCUT2D eigenvalue weighted by atomic mass is 15.2. The molecule has 0 aliphatic carbocycles. The molecule has 3 aromatic rings. The monoisotopic (exact) mass is 452 g/mol. The Morgan fingerprint density at radius 1 is 1.03 bits per heavy atom. The van der Waals surface area contributed by atoms with E-state index in [0.29, 0.717) is 22.8 Å². The highest BCUT2D eigenvalue weighted by molar-refractivity contribution is 5.94. The van der Waals surface area contributed by atoms with Crippen LogP contribution in [-0.2, 0) is 0 Å². The zero-order chi connectivity index (χ0) is 24.2. The average Bonchev–Trinajstić information content (AvgIpc) is 2.85. The van der Waals surface area contributed by atoms with E-state index in [2.05, 4.69) is 31.4 Å². The van der Waals surface area contributed by atoms with Crippen molar-refractivity contribution in [3.8, 4) is 11.4 Å². The second kappa shape index (κ2) is 9.91. The van der Waals surface area contributed by atoms with Crippen molar-refractivity contribution >= 4 is 35.1 Å². The molecule has 0 bridgehead atoms. The molecule has 0 spiro atoms. The molecule has 2 heterocycles. The zero-order valence-electron chi connectivity index (χ0n) is 19.9. The highest BCUT2D eigenvalue weighted by Gasteiger charge is 2.20. The second-order valence-corrected chi connectivity index (χ2v) is 8.78. The van der Waals surface area contributed by atoms with Crippen LogP contribution in [0.5, 0.6) is 0 Å². The molecule has 1 aliphatic heterocycles. The minimum absolute atomic E-state index is 0.535. The third-order valence-corrected chi connectivity index (χ3v) is 6.39. The maximum Gasteiger partial charge on any atom is 0.162 e. The number of aromatic nitrogens is 2. The molecule has 1 saturated heterocycles. The summed E-state index contributed by atoms with van der Waals surface area (Å²) >= 11 is 0. The van der Waals surface area contributed by atoms with E-state index in [4.69, 9.17) is 26.8 Å². The molecule has 34 heavy (non-hydrogen) atoms. The Morgan fingerprint density at radius 3 is 2.41 bits per heavy atom. The molecule has 0 atom stereocenters. The smallest absolute Gasteiger partial charge is 0.162 e. The van der Waals surface area contributed by atoms with E-state index in [-0.39, 0.29) is 0 Å². The molecular weight excluding hydrogens is 420 g/mol. The van der Waals surface area contributed by atoms with E-state index < -0.39 is 0 Å². The Hall–Kier alpha value is -3.93. The lowest BCUT2D eigenvalue weighted by molar-refractivity contribution is 0.572. The van der Waals surface area contributed by atoms with Crippen molar-refractivity contribution in [2.45, 2.75) is 33.1 Å². The van der Waals surface area contributed by atoms with Crippen molar-refractivity contribution in [3.63, 3.8) is 0 Å². The molecule has 1 fully saturated rings. The predicted molar refractivity (Wildman–Crippen MR) is 144 cm³/mol. The largest absolute Gasteiger partial charge is 0.399 e. The van der Waals surface area contributed by atoms with Crippen LogP contribution in [0.1, 0.15) is 54.1 Å². The number of nitrogens with one attached hydrogen (secondary N) is 1. The van der Waals surface area contributed by atoms with Crippen molar-refractivity contribution in [1.82, 2.24) is 9.97 Å². The van der Waals surface area contributed by atoms with Gasteiger partial charge in [-0.25, -0.2) is 9.97 Å². The highest BCUT2D eigenvalue weighted by Crippen LogP contribution is 2.32. The summed E-state index contributed by atoms with van der Waals surface area (Å²) in [7, 11) is 0. The number of nitrogen functional groups attached to an aromatic ring is 1. The van der Waals surface area contributed by atoms with Crippen LogP contribution in [0, 0.1) is 12.3 Å². The number of hydrogen-bond donors (Lipinski definition) is 3. The zero-order valence-corrected chi connectivity index (χ0v) is 19.9. The predicted octanol–water partition coefficient (Wildman–Crippen LogP) is 5.51. The number of nitrogens with two attached hydrogens (primary N) is 2. The number of piperidine rings is 1. The first kappa shape index (κ1) is 23.2. The van der Waals surface area contributed by atoms with Gasteiger partial charge in [-0.05, 0) is 56.4 Å². The van der Waals surface area contributed by atoms with Crippen LogP contribution >= 0.6 is 0 Å². The fourth-order valence-corrected chi connectivity index (χ4v) is 4.53. The van der Waals surface area contributed by atoms with Gasteiger partial charge < -0.3 is 21.8 Å². The number of nitrogens with zero attached hydrogens (tertiary/aromatic N) is 3. The van der Waals surface area contributed by atoms with E-state index in [9.17, 15) is 0 Å². The summed E-state index contributed by atoms with van der Waals surface area (Å²) < 4.78 is 0. The van der Waals surface area contributed by atoms with Gasteiger partial charge in [0.15, 0.2) is 5.82 Å². The third-order valence-electron chi connectivity index (χ3n) is 6.39. The fraction of sp³-hybridized carbons (Fsp3) is 0.250. The molecule has 2 aromatic carbocycles. The lowest BCUT2D eigenvalue weighted by Gasteiger charge is -2.29. The molecule has 1 aliphatic rings. The summed E-state index contributed by atoms with van der Waals surface area (Å²) in [5.41, 5.74) is 19.6. The molecule has 0 radical (unpaired) electrons. The standard InChI is InChI=1S/C28H32N6/c1-18(21-10-5-6-11-22(21)20(3)30)16-26-19(2)28(34-14-7-4-8-15-34)33-27(32-26)23-12-9-13-25(31)24(23)17-29/h5-6,9-13,16-17,29H,3-4,7-8,14-15,30-31H2,1-2H3/b18-16+,29-17?. The van der Waals surface area contributed by atoms with Crippen LogP contribution < -0.4 is 16.4 Å². The number of benzene rings is 2. The van der Waals surface area contributed by atoms with Gasteiger partial charge in [-0.3, -0.25) is 0 Å². The van der Waals surface area contributed by atoms with Gasteiger partial charge in [-0.1, -0.05) is 43.0 Å². The summed E-state index contributed by atoms with van der Waals surface area (Å²) in [5.74, 6) is 1.52. The van der Waals surface area contributed by atoms with Crippen molar-refractivity contribution in [2.75, 3.05) is 23.7 Å². The second-order valence-electron chi connectivity index (χ2n) is 8.78. The molecule has 5 N–H and O–H groups in total.